The van der Waals surface area contributed by atoms with Crippen LogP contribution < -0.4 is 0 Å². The highest BCUT2D eigenvalue weighted by Gasteiger charge is 2.29. The molecule has 32 heavy (non-hydrogen) atoms. The molecule has 176 valence electrons. The van der Waals surface area contributed by atoms with Crippen molar-refractivity contribution in [2.45, 2.75) is 62.9 Å². The Hall–Kier alpha value is -1.12. The second-order valence-electron chi connectivity index (χ2n) is 7.36. The molecule has 0 aliphatic heterocycles. The van der Waals surface area contributed by atoms with Crippen LogP contribution in [0, 0.1) is 11.3 Å². The van der Waals surface area contributed by atoms with Crippen LogP contribution in [0.25, 0.3) is 0 Å². The largest absolute Gasteiger partial charge is 0.481 e. The molecule has 10 heteroatoms. The minimum absolute atomic E-state index is 0.0333. The fraction of sp³-hybridized carbons (Fsp3) is 0.500. The minimum atomic E-state index is -0.900. The summed E-state index contributed by atoms with van der Waals surface area (Å²) < 4.78 is -0.266. The van der Waals surface area contributed by atoms with E-state index in [2.05, 4.69) is 13.0 Å². The van der Waals surface area contributed by atoms with Gasteiger partial charge in [-0.1, -0.05) is 91.6 Å². The lowest BCUT2D eigenvalue weighted by atomic mass is 10.1. The van der Waals surface area contributed by atoms with Gasteiger partial charge < -0.3 is 10.2 Å². The number of benzene rings is 1. The zero-order valence-corrected chi connectivity index (χ0v) is 22.7. The molecule has 0 aromatic heterocycles. The number of thioether (sulfide) groups is 3. The maximum Gasteiger partial charge on any atom is 0.319 e. The van der Waals surface area contributed by atoms with Crippen molar-refractivity contribution in [2.75, 3.05) is 5.75 Å². The first kappa shape index (κ1) is 30.9. The first-order valence-corrected chi connectivity index (χ1v) is 13.3. The number of hydrogen-bond acceptors (Lipinski definition) is 8. The molecule has 5 nitrogen and oxygen atoms in total. The number of unbranched alkanes of at least 4 members (excludes halogenated alkanes) is 1. The van der Waals surface area contributed by atoms with Gasteiger partial charge >= 0.3 is 11.9 Å². The van der Waals surface area contributed by atoms with Crippen molar-refractivity contribution >= 4 is 79.4 Å². The molecule has 0 amide bonds. The molecular formula is C22H29NO4S5. The lowest BCUT2D eigenvalue weighted by molar-refractivity contribution is -0.139. The van der Waals surface area contributed by atoms with Gasteiger partial charge in [-0.15, -0.1) is 11.8 Å². The van der Waals surface area contributed by atoms with E-state index in [0.717, 1.165) is 27.7 Å². The summed E-state index contributed by atoms with van der Waals surface area (Å²) in [5, 5.41) is 26.7. The van der Waals surface area contributed by atoms with Gasteiger partial charge in [-0.3, -0.25) is 9.59 Å². The zero-order valence-electron chi connectivity index (χ0n) is 18.6. The molecule has 0 bridgehead atoms. The van der Waals surface area contributed by atoms with Gasteiger partial charge in [0.2, 0.25) is 0 Å². The van der Waals surface area contributed by atoms with E-state index in [1.807, 2.05) is 30.3 Å². The number of rotatable bonds is 10. The normalized spacial score (nSPS) is 12.5. The van der Waals surface area contributed by atoms with E-state index in [1.54, 1.807) is 32.5 Å². The second kappa shape index (κ2) is 15.7. The number of hydrogen-bond donors (Lipinski definition) is 2. The van der Waals surface area contributed by atoms with Crippen LogP contribution in [-0.4, -0.2) is 45.1 Å². The van der Waals surface area contributed by atoms with Crippen LogP contribution in [0.1, 0.15) is 58.9 Å². The standard InChI is InChI=1S/C13H13NO2S2.C9H16O2S3/c1-13(9-14,8-7-11(15)16)18-12(17)10-5-3-2-4-6-10;1-4-5-6-13-8(12)14-9(2,3)7(10)11/h2-6H,7-8H2,1H3,(H,15,16);4-6H2,1-3H3,(H,10,11). The van der Waals surface area contributed by atoms with E-state index in [9.17, 15) is 14.9 Å². The van der Waals surface area contributed by atoms with Crippen LogP contribution in [-0.2, 0) is 9.59 Å². The fourth-order valence-corrected chi connectivity index (χ4v) is 6.58. The third-order valence-corrected chi connectivity index (χ3v) is 8.39. The fourth-order valence-electron chi connectivity index (χ4n) is 1.89. The Morgan fingerprint density at radius 3 is 2.16 bits per heavy atom. The molecule has 1 unspecified atom stereocenters. The Bertz CT molecular complexity index is 823. The van der Waals surface area contributed by atoms with Crippen molar-refractivity contribution in [1.29, 1.82) is 5.26 Å². The highest BCUT2D eigenvalue weighted by Crippen LogP contribution is 2.33. The SMILES string of the molecule is CC(C#N)(CCC(=O)O)SC(=S)c1ccccc1.CCCCSC(=S)SC(C)(C)C(=O)O. The molecule has 0 aliphatic rings. The van der Waals surface area contributed by atoms with Crippen LogP contribution in [0.3, 0.4) is 0 Å². The van der Waals surface area contributed by atoms with Gasteiger partial charge in [0.1, 0.15) is 13.0 Å². The molecule has 1 aromatic carbocycles. The van der Waals surface area contributed by atoms with Crippen LogP contribution in [0.15, 0.2) is 30.3 Å². The average Bonchev–Trinajstić information content (AvgIpc) is 2.73. The summed E-state index contributed by atoms with van der Waals surface area (Å²) in [6.45, 7) is 7.19. The van der Waals surface area contributed by atoms with E-state index in [-0.39, 0.29) is 12.8 Å². The summed E-state index contributed by atoms with van der Waals surface area (Å²) in [6.07, 6.45) is 2.51. The molecule has 0 saturated carbocycles. The van der Waals surface area contributed by atoms with Crippen LogP contribution in [0.5, 0.6) is 0 Å². The van der Waals surface area contributed by atoms with E-state index in [1.165, 1.54) is 23.5 Å². The van der Waals surface area contributed by atoms with Crippen molar-refractivity contribution in [3.63, 3.8) is 0 Å². The Labute approximate surface area is 214 Å². The Morgan fingerprint density at radius 2 is 1.69 bits per heavy atom. The average molecular weight is 532 g/mol. The van der Waals surface area contributed by atoms with Crippen molar-refractivity contribution in [1.82, 2.24) is 0 Å². The van der Waals surface area contributed by atoms with E-state index >= 15 is 0 Å². The summed E-state index contributed by atoms with van der Waals surface area (Å²) in [5.74, 6) is -0.735. The first-order valence-electron chi connectivity index (χ1n) is 9.87. The molecule has 0 heterocycles. The van der Waals surface area contributed by atoms with Crippen molar-refractivity contribution in [2.24, 2.45) is 0 Å². The van der Waals surface area contributed by atoms with Crippen LogP contribution in [0.2, 0.25) is 0 Å². The predicted molar refractivity (Wildman–Crippen MR) is 146 cm³/mol. The van der Waals surface area contributed by atoms with Gasteiger partial charge in [0.25, 0.3) is 0 Å². The molecule has 1 atom stereocenters. The highest BCUT2D eigenvalue weighted by atomic mass is 32.2. The summed E-state index contributed by atoms with van der Waals surface area (Å²) >= 11 is 14.5. The molecule has 0 saturated heterocycles. The number of carboxylic acids is 2. The molecule has 1 rings (SSSR count). The topological polar surface area (TPSA) is 98.4 Å². The number of carbonyl (C=O) groups is 2. The molecule has 0 fully saturated rings. The van der Waals surface area contributed by atoms with Gasteiger partial charge in [0.05, 0.1) is 10.3 Å². The second-order valence-corrected chi connectivity index (χ2v) is 13.5. The zero-order chi connectivity index (χ0) is 24.8. The maximum absolute atomic E-state index is 10.8. The van der Waals surface area contributed by atoms with Gasteiger partial charge in [-0.05, 0) is 44.9 Å². The summed E-state index contributed by atoms with van der Waals surface area (Å²) in [5.41, 5.74) is 0.884. The molecular weight excluding hydrogens is 503 g/mol. The van der Waals surface area contributed by atoms with Crippen LogP contribution in [0.4, 0.5) is 0 Å². The summed E-state index contributed by atoms with van der Waals surface area (Å²) in [7, 11) is 0. The molecule has 0 spiro atoms. The quantitative estimate of drug-likeness (QED) is 0.252. The molecule has 2 N–H and O–H groups in total. The van der Waals surface area contributed by atoms with Crippen LogP contribution >= 0.6 is 59.7 Å². The smallest absolute Gasteiger partial charge is 0.319 e. The van der Waals surface area contributed by atoms with Gasteiger partial charge in [0, 0.05) is 6.42 Å². The lowest BCUT2D eigenvalue weighted by Gasteiger charge is -2.20. The molecule has 0 radical (unpaired) electrons. The maximum atomic E-state index is 10.8. The molecule has 1 aromatic rings. The van der Waals surface area contributed by atoms with Gasteiger partial charge in [0.15, 0.2) is 0 Å². The Balaban J connectivity index is 0.000000622. The summed E-state index contributed by atoms with van der Waals surface area (Å²) in [6, 6.07) is 11.6. The number of carboxylic acid groups (broad SMARTS) is 2. The number of aliphatic carboxylic acids is 2. The minimum Gasteiger partial charge on any atom is -0.481 e. The van der Waals surface area contributed by atoms with Gasteiger partial charge in [-0.25, -0.2) is 0 Å². The first-order chi connectivity index (χ1) is 14.9. The third-order valence-electron chi connectivity index (χ3n) is 3.95. The van der Waals surface area contributed by atoms with E-state index in [0.29, 0.717) is 4.20 Å². The van der Waals surface area contributed by atoms with E-state index in [4.69, 9.17) is 34.6 Å². The lowest BCUT2D eigenvalue weighted by Crippen LogP contribution is -2.28. The van der Waals surface area contributed by atoms with Crippen molar-refractivity contribution < 1.29 is 19.8 Å². The van der Waals surface area contributed by atoms with Gasteiger partial charge in [-0.2, -0.15) is 5.26 Å². The highest BCUT2D eigenvalue weighted by molar-refractivity contribution is 8.47. The Morgan fingerprint density at radius 1 is 1.09 bits per heavy atom. The van der Waals surface area contributed by atoms with E-state index < -0.39 is 21.4 Å². The number of thiocarbonyl (C=S) groups is 2. The van der Waals surface area contributed by atoms with Crippen molar-refractivity contribution in [3.8, 4) is 6.07 Å². The number of nitrogens with zero attached hydrogens (tertiary/aromatic N) is 1. The third kappa shape index (κ3) is 13.4. The van der Waals surface area contributed by atoms with Crippen molar-refractivity contribution in [3.05, 3.63) is 35.9 Å². The molecule has 0 aliphatic carbocycles. The number of nitriles is 1. The Kier molecular flexibility index (Phi) is 15.1. The predicted octanol–water partition coefficient (Wildman–Crippen LogP) is 6.64. The monoisotopic (exact) mass is 531 g/mol. The summed E-state index contributed by atoms with van der Waals surface area (Å²) in [4.78, 5) is 21.4.